The topological polar surface area (TPSA) is 21.3 Å². The van der Waals surface area contributed by atoms with Crippen LogP contribution in [-0.2, 0) is 4.74 Å². The van der Waals surface area contributed by atoms with Crippen LogP contribution in [0.3, 0.4) is 0 Å². The zero-order valence-electron chi connectivity index (χ0n) is 12.5. The van der Waals surface area contributed by atoms with E-state index in [9.17, 15) is 0 Å². The van der Waals surface area contributed by atoms with Gasteiger partial charge in [-0.3, -0.25) is 0 Å². The van der Waals surface area contributed by atoms with Gasteiger partial charge in [0.05, 0.1) is 6.61 Å². The van der Waals surface area contributed by atoms with Gasteiger partial charge in [-0.2, -0.15) is 0 Å². The minimum atomic E-state index is 0.721. The second kappa shape index (κ2) is 6.91. The van der Waals surface area contributed by atoms with Crippen molar-refractivity contribution in [3.63, 3.8) is 0 Å². The second-order valence-electron chi connectivity index (χ2n) is 6.91. The molecule has 2 aliphatic rings. The van der Waals surface area contributed by atoms with Gasteiger partial charge in [0.1, 0.15) is 0 Å². The predicted octanol–water partition coefficient (Wildman–Crippen LogP) is 3.46. The Morgan fingerprint density at radius 3 is 2.61 bits per heavy atom. The summed E-state index contributed by atoms with van der Waals surface area (Å²) >= 11 is 0. The first-order valence-corrected chi connectivity index (χ1v) is 7.98. The lowest BCUT2D eigenvalue weighted by molar-refractivity contribution is 0.111. The molecule has 0 radical (unpaired) electrons. The first kappa shape index (κ1) is 14.3. The van der Waals surface area contributed by atoms with Crippen LogP contribution in [0.5, 0.6) is 0 Å². The molecule has 2 rings (SSSR count). The normalized spacial score (nSPS) is 33.0. The average Bonchev–Trinajstić information content (AvgIpc) is 3.12. The van der Waals surface area contributed by atoms with Gasteiger partial charge < -0.3 is 10.1 Å². The van der Waals surface area contributed by atoms with Crippen molar-refractivity contribution in [1.29, 1.82) is 0 Å². The second-order valence-corrected chi connectivity index (χ2v) is 6.91. The van der Waals surface area contributed by atoms with Crippen LogP contribution >= 0.6 is 0 Å². The Hall–Kier alpha value is -0.0800. The predicted molar refractivity (Wildman–Crippen MR) is 76.7 cm³/mol. The molecule has 0 saturated heterocycles. The van der Waals surface area contributed by atoms with E-state index in [1.165, 1.54) is 32.1 Å². The van der Waals surface area contributed by atoms with Crippen LogP contribution in [0.2, 0.25) is 0 Å². The minimum absolute atomic E-state index is 0.721. The van der Waals surface area contributed by atoms with Gasteiger partial charge in [-0.05, 0) is 49.4 Å². The molecule has 2 aliphatic carbocycles. The smallest absolute Gasteiger partial charge is 0.0591 e. The minimum Gasteiger partial charge on any atom is -0.380 e. The monoisotopic (exact) mass is 253 g/mol. The van der Waals surface area contributed by atoms with Crippen molar-refractivity contribution in [2.45, 2.75) is 58.9 Å². The number of ether oxygens (including phenoxy) is 1. The summed E-state index contributed by atoms with van der Waals surface area (Å²) in [6.07, 6.45) is 6.95. The molecule has 3 atom stereocenters. The van der Waals surface area contributed by atoms with Crippen LogP contribution in [0.15, 0.2) is 0 Å². The van der Waals surface area contributed by atoms with E-state index >= 15 is 0 Å². The molecule has 0 bridgehead atoms. The maximum atomic E-state index is 5.71. The van der Waals surface area contributed by atoms with Crippen LogP contribution < -0.4 is 5.32 Å². The van der Waals surface area contributed by atoms with Crippen molar-refractivity contribution < 1.29 is 4.74 Å². The third-order valence-corrected chi connectivity index (χ3v) is 4.73. The van der Waals surface area contributed by atoms with Crippen LogP contribution in [0.4, 0.5) is 0 Å². The molecule has 2 nitrogen and oxygen atoms in total. The molecule has 0 aromatic carbocycles. The quantitative estimate of drug-likeness (QED) is 0.702. The van der Waals surface area contributed by atoms with E-state index in [1.807, 2.05) is 0 Å². The fraction of sp³-hybridized carbons (Fsp3) is 1.00. The highest BCUT2D eigenvalue weighted by atomic mass is 16.5. The van der Waals surface area contributed by atoms with Crippen molar-refractivity contribution in [1.82, 2.24) is 5.32 Å². The lowest BCUT2D eigenvalue weighted by Gasteiger charge is -2.38. The summed E-state index contributed by atoms with van der Waals surface area (Å²) in [4.78, 5) is 0. The van der Waals surface area contributed by atoms with Crippen molar-refractivity contribution >= 4 is 0 Å². The fourth-order valence-corrected chi connectivity index (χ4v) is 3.29. The molecule has 18 heavy (non-hydrogen) atoms. The maximum absolute atomic E-state index is 5.71. The highest BCUT2D eigenvalue weighted by Crippen LogP contribution is 2.33. The van der Waals surface area contributed by atoms with Crippen molar-refractivity contribution in [3.05, 3.63) is 0 Å². The van der Waals surface area contributed by atoms with E-state index in [1.54, 1.807) is 0 Å². The summed E-state index contributed by atoms with van der Waals surface area (Å²) in [7, 11) is 0. The van der Waals surface area contributed by atoms with E-state index in [0.717, 1.165) is 49.5 Å². The number of hydrogen-bond donors (Lipinski definition) is 1. The van der Waals surface area contributed by atoms with Gasteiger partial charge in [-0.1, -0.05) is 27.2 Å². The molecule has 0 aromatic rings. The Labute approximate surface area is 113 Å². The Bertz CT molecular complexity index is 237. The third-order valence-electron chi connectivity index (χ3n) is 4.73. The summed E-state index contributed by atoms with van der Waals surface area (Å²) in [5, 5.41) is 3.75. The highest BCUT2D eigenvalue weighted by Gasteiger charge is 2.30. The largest absolute Gasteiger partial charge is 0.380 e. The van der Waals surface area contributed by atoms with Crippen molar-refractivity contribution in [2.75, 3.05) is 19.8 Å². The molecule has 0 spiro atoms. The van der Waals surface area contributed by atoms with Crippen LogP contribution in [0.1, 0.15) is 52.9 Å². The molecule has 0 amide bonds. The van der Waals surface area contributed by atoms with Crippen LogP contribution in [0, 0.1) is 23.7 Å². The first-order valence-electron chi connectivity index (χ1n) is 7.98. The molecule has 3 unspecified atom stereocenters. The summed E-state index contributed by atoms with van der Waals surface area (Å²) in [5.74, 6) is 3.46. The molecule has 2 fully saturated rings. The van der Waals surface area contributed by atoms with Gasteiger partial charge in [0, 0.05) is 19.2 Å². The Morgan fingerprint density at radius 2 is 1.94 bits per heavy atom. The van der Waals surface area contributed by atoms with Gasteiger partial charge in [0.15, 0.2) is 0 Å². The van der Waals surface area contributed by atoms with Gasteiger partial charge >= 0.3 is 0 Å². The van der Waals surface area contributed by atoms with Crippen LogP contribution in [-0.4, -0.2) is 25.8 Å². The first-order chi connectivity index (χ1) is 8.66. The molecule has 0 aliphatic heterocycles. The standard InChI is InChI=1S/C16H31NO/c1-12(2)15-7-4-13(3)10-16(15)17-8-9-18-11-14-5-6-14/h12-17H,4-11H2,1-3H3. The number of nitrogens with one attached hydrogen (secondary N) is 1. The molecule has 0 aromatic heterocycles. The SMILES string of the molecule is CC1CCC(C(C)C)C(NCCOCC2CC2)C1. The Morgan fingerprint density at radius 1 is 1.17 bits per heavy atom. The zero-order chi connectivity index (χ0) is 13.0. The van der Waals surface area contributed by atoms with E-state index in [0.29, 0.717) is 0 Å². The van der Waals surface area contributed by atoms with E-state index < -0.39 is 0 Å². The van der Waals surface area contributed by atoms with E-state index in [-0.39, 0.29) is 0 Å². The summed E-state index contributed by atoms with van der Waals surface area (Å²) in [5.41, 5.74) is 0. The molecular formula is C16H31NO. The number of hydrogen-bond acceptors (Lipinski definition) is 2. The lowest BCUT2D eigenvalue weighted by atomic mass is 9.74. The number of rotatable bonds is 7. The van der Waals surface area contributed by atoms with Crippen molar-refractivity contribution in [3.8, 4) is 0 Å². The molecule has 0 heterocycles. The molecule has 2 heteroatoms. The van der Waals surface area contributed by atoms with Gasteiger partial charge in [-0.25, -0.2) is 0 Å². The van der Waals surface area contributed by atoms with Gasteiger partial charge in [-0.15, -0.1) is 0 Å². The van der Waals surface area contributed by atoms with E-state index in [4.69, 9.17) is 4.74 Å². The zero-order valence-corrected chi connectivity index (χ0v) is 12.5. The molecule has 1 N–H and O–H groups in total. The molecule has 106 valence electrons. The third kappa shape index (κ3) is 4.55. The fourth-order valence-electron chi connectivity index (χ4n) is 3.29. The Kier molecular flexibility index (Phi) is 5.50. The summed E-state index contributed by atoms with van der Waals surface area (Å²) in [6.45, 7) is 10.1. The highest BCUT2D eigenvalue weighted by molar-refractivity contribution is 4.85. The summed E-state index contributed by atoms with van der Waals surface area (Å²) < 4.78 is 5.71. The maximum Gasteiger partial charge on any atom is 0.0591 e. The lowest BCUT2D eigenvalue weighted by Crippen LogP contribution is -2.44. The van der Waals surface area contributed by atoms with Gasteiger partial charge in [0.2, 0.25) is 0 Å². The van der Waals surface area contributed by atoms with E-state index in [2.05, 4.69) is 26.1 Å². The van der Waals surface area contributed by atoms with Crippen LogP contribution in [0.25, 0.3) is 0 Å². The van der Waals surface area contributed by atoms with Crippen molar-refractivity contribution in [2.24, 2.45) is 23.7 Å². The van der Waals surface area contributed by atoms with Gasteiger partial charge in [0.25, 0.3) is 0 Å². The Balaban J connectivity index is 1.63. The molecule has 2 saturated carbocycles. The average molecular weight is 253 g/mol. The molecular weight excluding hydrogens is 222 g/mol. The summed E-state index contributed by atoms with van der Waals surface area (Å²) in [6, 6.07) is 0.721.